The average molecular weight is 384 g/mol. The molecule has 0 spiro atoms. The maximum absolute atomic E-state index is 9.94. The fraction of sp³-hybridized carbons (Fsp3) is 0.500. The summed E-state index contributed by atoms with van der Waals surface area (Å²) in [4.78, 5) is 0. The Morgan fingerprint density at radius 1 is 1.33 bits per heavy atom. The van der Waals surface area contributed by atoms with Gasteiger partial charge in [-0.2, -0.15) is 0 Å². The first-order chi connectivity index (χ1) is 8.66. The van der Waals surface area contributed by atoms with Crippen LogP contribution in [-0.2, 0) is 14.2 Å². The summed E-state index contributed by atoms with van der Waals surface area (Å²) in [5.41, 5.74) is 2.14. The number of fused-ring (bicyclic) bond motifs is 1. The topological polar surface area (TPSA) is 58.9 Å². The molecule has 0 aliphatic carbocycles. The molecule has 2 heterocycles. The van der Waals surface area contributed by atoms with Crippen LogP contribution in [0, 0.1) is 0 Å². The zero-order valence-corrected chi connectivity index (χ0v) is 12.3. The third-order valence-electron chi connectivity index (χ3n) is 3.24. The van der Waals surface area contributed by atoms with Crippen molar-refractivity contribution >= 4 is 11.6 Å². The van der Waals surface area contributed by atoms with Gasteiger partial charge in [0.25, 0.3) is 0 Å². The first kappa shape index (κ1) is 13.1. The summed E-state index contributed by atoms with van der Waals surface area (Å²) in [6.45, 7) is 0.582. The Bertz CT molecular complexity index is 456. The molecule has 1 aromatic carbocycles. The molecule has 4 atom stereocenters. The third-order valence-corrected chi connectivity index (χ3v) is 5.62. The molecule has 100 valence electrons. The molecule has 1 saturated heterocycles. The molecule has 0 saturated carbocycles. The number of alkyl halides is 1. The fourth-order valence-electron chi connectivity index (χ4n) is 2.33. The van der Waals surface area contributed by atoms with Crippen LogP contribution in [0.3, 0.4) is 0 Å². The van der Waals surface area contributed by atoms with Gasteiger partial charge >= 0.3 is 121 Å². The van der Waals surface area contributed by atoms with Crippen molar-refractivity contribution in [3.8, 4) is 0 Å². The number of halogens is 2. The molecule has 0 amide bonds. The summed E-state index contributed by atoms with van der Waals surface area (Å²) in [5.74, 6) is 0. The van der Waals surface area contributed by atoms with Crippen molar-refractivity contribution < 1.29 is 39.6 Å². The van der Waals surface area contributed by atoms with Crippen LogP contribution in [0.5, 0.6) is 0 Å². The van der Waals surface area contributed by atoms with Gasteiger partial charge in [-0.05, 0) is 0 Å². The van der Waals surface area contributed by atoms with Gasteiger partial charge in [-0.15, -0.1) is 0 Å². The van der Waals surface area contributed by atoms with Crippen molar-refractivity contribution in [1.82, 2.24) is 0 Å². The first-order valence-electron chi connectivity index (χ1n) is 5.72. The number of aliphatic hydroxyl groups is 2. The van der Waals surface area contributed by atoms with Gasteiger partial charge in [0.05, 0.1) is 0 Å². The summed E-state index contributed by atoms with van der Waals surface area (Å²) in [5, 5.41) is 20.2. The van der Waals surface area contributed by atoms with Crippen molar-refractivity contribution in [2.75, 3.05) is 6.61 Å². The predicted molar refractivity (Wildman–Crippen MR) is 60.7 cm³/mol. The zero-order chi connectivity index (χ0) is 12.7. The second kappa shape index (κ2) is 5.22. The SMILES string of the molecule is O[C@@H]1[C@@H]([C@@H]2OCCc3cc(Cl)ccc32)O[I-][C@@H]1O. The third kappa shape index (κ3) is 2.28. The van der Waals surface area contributed by atoms with Gasteiger partial charge in [-0.1, -0.05) is 0 Å². The molecule has 1 fully saturated rings. The Labute approximate surface area is 121 Å². The Morgan fingerprint density at radius 3 is 2.89 bits per heavy atom. The Morgan fingerprint density at radius 2 is 2.17 bits per heavy atom. The molecule has 1 aromatic rings. The minimum atomic E-state index is -0.857. The summed E-state index contributed by atoms with van der Waals surface area (Å²) in [6, 6.07) is 5.66. The molecule has 0 unspecified atom stereocenters. The summed E-state index contributed by atoms with van der Waals surface area (Å²) >= 11 is 5.15. The normalized spacial score (nSPS) is 35.9. The standard InChI is InChI=1S/C12H13ClIO4/c13-7-1-2-8-6(5-7)3-4-17-10(8)11-9(15)12(16)14-18-11/h1-2,5,9-12,15-16H,3-4H2/q-1/t9-,10-,11+,12-/m1/s1. The van der Waals surface area contributed by atoms with Gasteiger partial charge in [0.15, 0.2) is 0 Å². The van der Waals surface area contributed by atoms with Crippen LogP contribution in [0.2, 0.25) is 5.02 Å². The number of hydrogen-bond acceptors (Lipinski definition) is 4. The van der Waals surface area contributed by atoms with Gasteiger partial charge in [0, 0.05) is 0 Å². The van der Waals surface area contributed by atoms with Crippen LogP contribution in [-0.4, -0.2) is 33.1 Å². The predicted octanol–water partition coefficient (Wildman–Crippen LogP) is -1.96. The van der Waals surface area contributed by atoms with Gasteiger partial charge in [-0.25, -0.2) is 0 Å². The second-order valence-electron chi connectivity index (χ2n) is 4.39. The number of benzene rings is 1. The van der Waals surface area contributed by atoms with Crippen LogP contribution >= 0.6 is 11.6 Å². The van der Waals surface area contributed by atoms with Gasteiger partial charge in [0.2, 0.25) is 0 Å². The summed E-state index contributed by atoms with van der Waals surface area (Å²) in [7, 11) is 0. The number of rotatable bonds is 1. The van der Waals surface area contributed by atoms with Crippen molar-refractivity contribution in [2.45, 2.75) is 28.8 Å². The molecule has 3 rings (SSSR count). The van der Waals surface area contributed by atoms with E-state index in [0.29, 0.717) is 11.6 Å². The van der Waals surface area contributed by atoms with E-state index in [4.69, 9.17) is 19.4 Å². The monoisotopic (exact) mass is 383 g/mol. The average Bonchev–Trinajstić information content (AvgIpc) is 2.69. The molecule has 4 nitrogen and oxygen atoms in total. The molecule has 2 aliphatic heterocycles. The fourth-order valence-corrected chi connectivity index (χ4v) is 4.44. The van der Waals surface area contributed by atoms with Crippen molar-refractivity contribution in [1.29, 1.82) is 0 Å². The van der Waals surface area contributed by atoms with Crippen LogP contribution in [0.1, 0.15) is 17.2 Å². The Kier molecular flexibility index (Phi) is 3.80. The minimum absolute atomic E-state index is 0.308. The van der Waals surface area contributed by atoms with E-state index in [1.807, 2.05) is 18.2 Å². The Balaban J connectivity index is 1.92. The van der Waals surface area contributed by atoms with E-state index < -0.39 is 37.9 Å². The number of aliphatic hydroxyl groups excluding tert-OH is 2. The van der Waals surface area contributed by atoms with Crippen LogP contribution in [0.15, 0.2) is 18.2 Å². The van der Waals surface area contributed by atoms with E-state index in [0.717, 1.165) is 17.5 Å². The van der Waals surface area contributed by atoms with E-state index in [-0.39, 0.29) is 6.10 Å². The summed E-state index contributed by atoms with van der Waals surface area (Å²) < 4.78 is 10.6. The molecule has 18 heavy (non-hydrogen) atoms. The van der Waals surface area contributed by atoms with Crippen LogP contribution in [0.25, 0.3) is 0 Å². The molecule has 0 aromatic heterocycles. The molecule has 6 heteroatoms. The second-order valence-corrected chi connectivity index (χ2v) is 7.12. The molecule has 0 radical (unpaired) electrons. The zero-order valence-electron chi connectivity index (χ0n) is 9.42. The first-order valence-corrected chi connectivity index (χ1v) is 8.22. The van der Waals surface area contributed by atoms with Gasteiger partial charge in [-0.3, -0.25) is 0 Å². The van der Waals surface area contributed by atoms with E-state index in [9.17, 15) is 10.2 Å². The summed E-state index contributed by atoms with van der Waals surface area (Å²) in [6.07, 6.45) is -0.817. The number of ether oxygens (including phenoxy) is 1. The van der Waals surface area contributed by atoms with E-state index in [1.54, 1.807) is 0 Å². The maximum atomic E-state index is 9.94. The van der Waals surface area contributed by atoms with Crippen molar-refractivity contribution in [3.63, 3.8) is 0 Å². The van der Waals surface area contributed by atoms with E-state index >= 15 is 0 Å². The molecule has 0 bridgehead atoms. The van der Waals surface area contributed by atoms with Crippen molar-refractivity contribution in [3.05, 3.63) is 34.3 Å². The molecular weight excluding hydrogens is 370 g/mol. The molecule has 2 aliphatic rings. The van der Waals surface area contributed by atoms with Crippen molar-refractivity contribution in [2.24, 2.45) is 0 Å². The van der Waals surface area contributed by atoms with Crippen LogP contribution in [0.4, 0.5) is 0 Å². The van der Waals surface area contributed by atoms with Gasteiger partial charge in [0.1, 0.15) is 0 Å². The molecule has 2 N–H and O–H groups in total. The van der Waals surface area contributed by atoms with Gasteiger partial charge < -0.3 is 0 Å². The quantitative estimate of drug-likeness (QED) is 0.437. The Hall–Kier alpha value is 0.0800. The number of hydrogen-bond donors (Lipinski definition) is 2. The molecular formula is C12H13ClIO4-. The van der Waals surface area contributed by atoms with Crippen LogP contribution < -0.4 is 21.6 Å². The van der Waals surface area contributed by atoms with E-state index in [1.165, 1.54) is 0 Å². The van der Waals surface area contributed by atoms with E-state index in [2.05, 4.69) is 0 Å².